The van der Waals surface area contributed by atoms with Gasteiger partial charge in [-0.3, -0.25) is 14.9 Å². The average Bonchev–Trinajstić information content (AvgIpc) is 2.49. The predicted molar refractivity (Wildman–Crippen MR) is 81.8 cm³/mol. The van der Waals surface area contributed by atoms with E-state index in [2.05, 4.69) is 10.6 Å². The number of nitro groups is 1. The molecule has 6 heteroatoms. The Morgan fingerprint density at radius 1 is 1.14 bits per heavy atom. The molecule has 6 nitrogen and oxygen atoms in total. The molecule has 0 aliphatic carbocycles. The Hall–Kier alpha value is -2.89. The van der Waals surface area contributed by atoms with Gasteiger partial charge >= 0.3 is 0 Å². The molecule has 2 aromatic rings. The van der Waals surface area contributed by atoms with E-state index in [1.807, 2.05) is 0 Å². The molecule has 2 rings (SSSR count). The molecule has 0 atom stereocenters. The first-order valence-electron chi connectivity index (χ1n) is 6.36. The number of hydrogen-bond acceptors (Lipinski definition) is 4. The summed E-state index contributed by atoms with van der Waals surface area (Å²) in [5, 5.41) is 16.5. The molecule has 0 saturated heterocycles. The molecule has 0 aliphatic heterocycles. The highest BCUT2D eigenvalue weighted by Crippen LogP contribution is 2.25. The summed E-state index contributed by atoms with van der Waals surface area (Å²) in [5.41, 5.74) is 2.24. The summed E-state index contributed by atoms with van der Waals surface area (Å²) in [6.45, 7) is 1.61. The summed E-state index contributed by atoms with van der Waals surface area (Å²) in [6.07, 6.45) is 0. The van der Waals surface area contributed by atoms with Crippen LogP contribution in [0.4, 0.5) is 17.1 Å². The third-order valence-electron chi connectivity index (χ3n) is 3.19. The Morgan fingerprint density at radius 3 is 2.38 bits per heavy atom. The van der Waals surface area contributed by atoms with Crippen molar-refractivity contribution in [3.8, 4) is 0 Å². The number of nitrogens with zero attached hydrogens (tertiary/aromatic N) is 1. The van der Waals surface area contributed by atoms with Crippen molar-refractivity contribution in [3.05, 3.63) is 63.7 Å². The number of carbonyl (C=O) groups excluding carboxylic acids is 1. The Morgan fingerprint density at radius 2 is 1.81 bits per heavy atom. The largest absolute Gasteiger partial charge is 0.388 e. The van der Waals surface area contributed by atoms with Crippen LogP contribution in [-0.4, -0.2) is 17.9 Å². The van der Waals surface area contributed by atoms with Gasteiger partial charge in [0.2, 0.25) is 0 Å². The number of benzene rings is 2. The number of nitro benzene ring substituents is 1. The lowest BCUT2D eigenvalue weighted by molar-refractivity contribution is -0.385. The molecule has 0 fully saturated rings. The normalized spacial score (nSPS) is 10.0. The van der Waals surface area contributed by atoms with Crippen LogP contribution in [-0.2, 0) is 0 Å². The van der Waals surface area contributed by atoms with Crippen molar-refractivity contribution in [3.63, 3.8) is 0 Å². The van der Waals surface area contributed by atoms with E-state index in [1.165, 1.54) is 6.07 Å². The van der Waals surface area contributed by atoms with Gasteiger partial charge in [0.25, 0.3) is 11.6 Å². The summed E-state index contributed by atoms with van der Waals surface area (Å²) in [4.78, 5) is 22.6. The molecular formula is C15H15N3O3. The van der Waals surface area contributed by atoms with Crippen molar-refractivity contribution < 1.29 is 9.72 Å². The van der Waals surface area contributed by atoms with Crippen LogP contribution in [0.15, 0.2) is 42.5 Å². The Labute approximate surface area is 121 Å². The Balaban J connectivity index is 2.23. The van der Waals surface area contributed by atoms with Crippen LogP contribution in [0.25, 0.3) is 0 Å². The molecule has 0 spiro atoms. The van der Waals surface area contributed by atoms with Crippen molar-refractivity contribution in [2.45, 2.75) is 6.92 Å². The number of nitrogens with one attached hydrogen (secondary N) is 2. The molecule has 1 amide bonds. The first-order valence-corrected chi connectivity index (χ1v) is 6.36. The monoisotopic (exact) mass is 285 g/mol. The zero-order chi connectivity index (χ0) is 15.4. The summed E-state index contributed by atoms with van der Waals surface area (Å²) in [6, 6.07) is 11.5. The van der Waals surface area contributed by atoms with E-state index in [0.29, 0.717) is 16.8 Å². The molecule has 2 aromatic carbocycles. The van der Waals surface area contributed by atoms with E-state index >= 15 is 0 Å². The molecule has 0 aromatic heterocycles. The summed E-state index contributed by atoms with van der Waals surface area (Å²) in [5.74, 6) is -0.304. The van der Waals surface area contributed by atoms with E-state index in [1.54, 1.807) is 50.4 Å². The molecule has 0 radical (unpaired) electrons. The highest BCUT2D eigenvalue weighted by atomic mass is 16.6. The molecule has 108 valence electrons. The van der Waals surface area contributed by atoms with E-state index in [9.17, 15) is 14.9 Å². The van der Waals surface area contributed by atoms with E-state index < -0.39 is 4.92 Å². The van der Waals surface area contributed by atoms with Crippen molar-refractivity contribution in [2.75, 3.05) is 17.7 Å². The molecule has 0 saturated carbocycles. The summed E-state index contributed by atoms with van der Waals surface area (Å²) < 4.78 is 0. The van der Waals surface area contributed by atoms with Crippen LogP contribution >= 0.6 is 0 Å². The quantitative estimate of drug-likeness (QED) is 0.667. The van der Waals surface area contributed by atoms with Crippen molar-refractivity contribution in [1.29, 1.82) is 0 Å². The van der Waals surface area contributed by atoms with Gasteiger partial charge in [-0.2, -0.15) is 0 Å². The van der Waals surface area contributed by atoms with E-state index in [0.717, 1.165) is 5.69 Å². The van der Waals surface area contributed by atoms with Crippen LogP contribution in [0.1, 0.15) is 15.9 Å². The van der Waals surface area contributed by atoms with Crippen LogP contribution in [0.5, 0.6) is 0 Å². The minimum Gasteiger partial charge on any atom is -0.388 e. The van der Waals surface area contributed by atoms with Gasteiger partial charge in [-0.05, 0) is 37.3 Å². The lowest BCUT2D eigenvalue weighted by Gasteiger charge is -2.09. The fraction of sp³-hybridized carbons (Fsp3) is 0.133. The summed E-state index contributed by atoms with van der Waals surface area (Å²) >= 11 is 0. The van der Waals surface area contributed by atoms with Crippen molar-refractivity contribution in [1.82, 2.24) is 0 Å². The number of anilines is 2. The number of amides is 1. The third-order valence-corrected chi connectivity index (χ3v) is 3.19. The minimum absolute atomic E-state index is 0.0154. The highest BCUT2D eigenvalue weighted by molar-refractivity contribution is 6.05. The molecule has 21 heavy (non-hydrogen) atoms. The maximum Gasteiger partial charge on any atom is 0.274 e. The third kappa shape index (κ3) is 3.17. The lowest BCUT2D eigenvalue weighted by atomic mass is 10.1. The van der Waals surface area contributed by atoms with Gasteiger partial charge in [-0.15, -0.1) is 0 Å². The Bertz CT molecular complexity index is 681. The number of hydrogen-bond donors (Lipinski definition) is 2. The van der Waals surface area contributed by atoms with Crippen molar-refractivity contribution >= 4 is 23.0 Å². The SMILES string of the molecule is CNc1ccc(C(=O)Nc2cccc([N+](=O)[O-])c2C)cc1. The second-order valence-corrected chi connectivity index (χ2v) is 4.49. The molecule has 0 heterocycles. The molecule has 0 aliphatic rings. The maximum absolute atomic E-state index is 12.1. The first-order chi connectivity index (χ1) is 10.0. The van der Waals surface area contributed by atoms with E-state index in [-0.39, 0.29) is 11.6 Å². The second kappa shape index (κ2) is 6.04. The Kier molecular flexibility index (Phi) is 4.18. The van der Waals surface area contributed by atoms with Gasteiger partial charge in [0.05, 0.1) is 16.2 Å². The van der Waals surface area contributed by atoms with Gasteiger partial charge in [0.1, 0.15) is 0 Å². The van der Waals surface area contributed by atoms with Crippen molar-refractivity contribution in [2.24, 2.45) is 0 Å². The smallest absolute Gasteiger partial charge is 0.274 e. The van der Waals surface area contributed by atoms with Gasteiger partial charge < -0.3 is 10.6 Å². The van der Waals surface area contributed by atoms with Gasteiger partial charge in [-0.25, -0.2) is 0 Å². The van der Waals surface area contributed by atoms with Crippen LogP contribution in [0, 0.1) is 17.0 Å². The van der Waals surface area contributed by atoms with Gasteiger partial charge in [0.15, 0.2) is 0 Å². The first kappa shape index (κ1) is 14.5. The topological polar surface area (TPSA) is 84.3 Å². The maximum atomic E-state index is 12.1. The zero-order valence-corrected chi connectivity index (χ0v) is 11.7. The highest BCUT2D eigenvalue weighted by Gasteiger charge is 2.15. The predicted octanol–water partition coefficient (Wildman–Crippen LogP) is 3.20. The second-order valence-electron chi connectivity index (χ2n) is 4.49. The number of rotatable bonds is 4. The zero-order valence-electron chi connectivity index (χ0n) is 11.7. The number of carbonyl (C=O) groups is 1. The van der Waals surface area contributed by atoms with Crippen LogP contribution < -0.4 is 10.6 Å². The van der Waals surface area contributed by atoms with Crippen LogP contribution in [0.2, 0.25) is 0 Å². The van der Waals surface area contributed by atoms with E-state index in [4.69, 9.17) is 0 Å². The van der Waals surface area contributed by atoms with Crippen LogP contribution in [0.3, 0.4) is 0 Å². The molecule has 0 bridgehead atoms. The fourth-order valence-corrected chi connectivity index (χ4v) is 1.94. The van der Waals surface area contributed by atoms with Gasteiger partial charge in [0, 0.05) is 24.4 Å². The minimum atomic E-state index is -0.466. The van der Waals surface area contributed by atoms with Gasteiger partial charge in [-0.1, -0.05) is 6.07 Å². The standard InChI is InChI=1S/C15H15N3O3/c1-10-13(4-3-5-14(10)18(20)21)17-15(19)11-6-8-12(16-2)9-7-11/h3-9,16H,1-2H3,(H,17,19). The summed E-state index contributed by atoms with van der Waals surface area (Å²) in [7, 11) is 1.79. The molecular weight excluding hydrogens is 270 g/mol. The average molecular weight is 285 g/mol. The molecule has 2 N–H and O–H groups in total. The molecule has 0 unspecified atom stereocenters. The lowest BCUT2D eigenvalue weighted by Crippen LogP contribution is -2.13. The fourth-order valence-electron chi connectivity index (χ4n) is 1.94.